The minimum Gasteiger partial charge on any atom is -0.317 e. The molecule has 0 aromatic carbocycles. The molecule has 1 nitrogen and oxygen atoms in total. The van der Waals surface area contributed by atoms with Crippen LogP contribution < -0.4 is 5.32 Å². The smallest absolute Gasteiger partial charge is 0.00947 e. The fraction of sp³-hybridized carbons (Fsp3) is 1.00. The third kappa shape index (κ3) is 4.14. The SMILES string of the molecule is CCC(CC)C(CC1CCCCC1)NC. The van der Waals surface area contributed by atoms with E-state index in [9.17, 15) is 0 Å². The van der Waals surface area contributed by atoms with Crippen LogP contribution >= 0.6 is 0 Å². The lowest BCUT2D eigenvalue weighted by Crippen LogP contribution is -2.35. The van der Waals surface area contributed by atoms with Gasteiger partial charge in [-0.1, -0.05) is 58.8 Å². The van der Waals surface area contributed by atoms with Crippen LogP contribution in [0.3, 0.4) is 0 Å². The van der Waals surface area contributed by atoms with Crippen LogP contribution in [0.1, 0.15) is 65.2 Å². The molecule has 0 saturated heterocycles. The van der Waals surface area contributed by atoms with Crippen LogP contribution in [0.15, 0.2) is 0 Å². The van der Waals surface area contributed by atoms with Gasteiger partial charge < -0.3 is 5.32 Å². The molecule has 1 unspecified atom stereocenters. The first-order chi connectivity index (χ1) is 7.31. The summed E-state index contributed by atoms with van der Waals surface area (Å²) in [4.78, 5) is 0. The minimum absolute atomic E-state index is 0.767. The summed E-state index contributed by atoms with van der Waals surface area (Å²) in [5, 5.41) is 3.55. The highest BCUT2D eigenvalue weighted by molar-refractivity contribution is 4.78. The molecule has 0 aromatic heterocycles. The monoisotopic (exact) mass is 211 g/mol. The largest absolute Gasteiger partial charge is 0.317 e. The second-order valence-electron chi connectivity index (χ2n) is 5.21. The molecule has 0 radical (unpaired) electrons. The van der Waals surface area contributed by atoms with Crippen LogP contribution in [-0.2, 0) is 0 Å². The van der Waals surface area contributed by atoms with Crippen LogP contribution in [0.2, 0.25) is 0 Å². The van der Waals surface area contributed by atoms with Crippen molar-refractivity contribution in [3.05, 3.63) is 0 Å². The zero-order chi connectivity index (χ0) is 11.1. The molecule has 0 spiro atoms. The summed E-state index contributed by atoms with van der Waals surface area (Å²) >= 11 is 0. The summed E-state index contributed by atoms with van der Waals surface area (Å²) in [7, 11) is 2.14. The molecule has 0 bridgehead atoms. The van der Waals surface area contributed by atoms with E-state index in [1.165, 1.54) is 51.4 Å². The normalized spacial score (nSPS) is 20.8. The first kappa shape index (κ1) is 13.0. The lowest BCUT2D eigenvalue weighted by molar-refractivity contribution is 0.249. The molecule has 1 N–H and O–H groups in total. The van der Waals surface area contributed by atoms with Crippen molar-refractivity contribution in [2.45, 2.75) is 71.3 Å². The first-order valence-electron chi connectivity index (χ1n) is 6.99. The van der Waals surface area contributed by atoms with Crippen molar-refractivity contribution in [2.75, 3.05) is 7.05 Å². The second kappa shape index (κ2) is 7.27. The van der Waals surface area contributed by atoms with E-state index < -0.39 is 0 Å². The van der Waals surface area contributed by atoms with Crippen molar-refractivity contribution in [2.24, 2.45) is 11.8 Å². The molecule has 1 aliphatic rings. The molecule has 1 saturated carbocycles. The number of hydrogen-bond donors (Lipinski definition) is 1. The van der Waals surface area contributed by atoms with Crippen LogP contribution in [0.5, 0.6) is 0 Å². The summed E-state index contributed by atoms with van der Waals surface area (Å²) in [5.74, 6) is 1.90. The Kier molecular flexibility index (Phi) is 6.31. The third-order valence-electron chi connectivity index (χ3n) is 4.30. The highest BCUT2D eigenvalue weighted by Crippen LogP contribution is 2.30. The quantitative estimate of drug-likeness (QED) is 0.700. The summed E-state index contributed by atoms with van der Waals surface area (Å²) in [6.07, 6.45) is 11.5. The van der Waals surface area contributed by atoms with Gasteiger partial charge in [0.15, 0.2) is 0 Å². The molecule has 90 valence electrons. The molecular formula is C14H29N. The Morgan fingerprint density at radius 1 is 1.07 bits per heavy atom. The maximum absolute atomic E-state index is 3.55. The van der Waals surface area contributed by atoms with Crippen molar-refractivity contribution in [1.29, 1.82) is 0 Å². The van der Waals surface area contributed by atoms with E-state index in [0.29, 0.717) is 0 Å². The predicted octanol–water partition coefficient (Wildman–Crippen LogP) is 3.98. The van der Waals surface area contributed by atoms with Crippen molar-refractivity contribution in [3.63, 3.8) is 0 Å². The molecule has 0 heterocycles. The Morgan fingerprint density at radius 2 is 1.67 bits per heavy atom. The van der Waals surface area contributed by atoms with E-state index >= 15 is 0 Å². The van der Waals surface area contributed by atoms with Crippen LogP contribution in [0.25, 0.3) is 0 Å². The van der Waals surface area contributed by atoms with Crippen LogP contribution in [0.4, 0.5) is 0 Å². The van der Waals surface area contributed by atoms with Crippen molar-refractivity contribution in [3.8, 4) is 0 Å². The molecule has 1 aliphatic carbocycles. The van der Waals surface area contributed by atoms with Crippen LogP contribution in [-0.4, -0.2) is 13.1 Å². The van der Waals surface area contributed by atoms with Gasteiger partial charge in [-0.15, -0.1) is 0 Å². The molecule has 0 amide bonds. The number of nitrogens with one attached hydrogen (secondary N) is 1. The highest BCUT2D eigenvalue weighted by Gasteiger charge is 2.22. The molecule has 15 heavy (non-hydrogen) atoms. The lowest BCUT2D eigenvalue weighted by Gasteiger charge is -2.30. The second-order valence-corrected chi connectivity index (χ2v) is 5.21. The fourth-order valence-corrected chi connectivity index (χ4v) is 3.19. The Bertz CT molecular complexity index is 145. The summed E-state index contributed by atoms with van der Waals surface area (Å²) in [6, 6.07) is 0.767. The molecular weight excluding hydrogens is 182 g/mol. The first-order valence-corrected chi connectivity index (χ1v) is 6.99. The average Bonchev–Trinajstić information content (AvgIpc) is 2.30. The third-order valence-corrected chi connectivity index (χ3v) is 4.30. The van der Waals surface area contributed by atoms with Crippen molar-refractivity contribution in [1.82, 2.24) is 5.32 Å². The van der Waals surface area contributed by atoms with Gasteiger partial charge >= 0.3 is 0 Å². The van der Waals surface area contributed by atoms with Gasteiger partial charge in [-0.2, -0.15) is 0 Å². The molecule has 1 atom stereocenters. The lowest BCUT2D eigenvalue weighted by atomic mass is 9.80. The van der Waals surface area contributed by atoms with Crippen LogP contribution in [0, 0.1) is 11.8 Å². The molecule has 0 aromatic rings. The van der Waals surface area contributed by atoms with Gasteiger partial charge in [-0.25, -0.2) is 0 Å². The summed E-state index contributed by atoms with van der Waals surface area (Å²) < 4.78 is 0. The highest BCUT2D eigenvalue weighted by atomic mass is 14.9. The van der Waals surface area contributed by atoms with E-state index in [4.69, 9.17) is 0 Å². The predicted molar refractivity (Wildman–Crippen MR) is 68.1 cm³/mol. The molecule has 0 aliphatic heterocycles. The number of rotatable bonds is 6. The minimum atomic E-state index is 0.767. The zero-order valence-corrected chi connectivity index (χ0v) is 10.9. The van der Waals surface area contributed by atoms with Gasteiger partial charge in [0, 0.05) is 6.04 Å². The zero-order valence-electron chi connectivity index (χ0n) is 10.9. The molecule has 1 fully saturated rings. The molecule has 1 rings (SSSR count). The van der Waals surface area contributed by atoms with E-state index in [1.54, 1.807) is 0 Å². The van der Waals surface area contributed by atoms with Gasteiger partial charge in [0.05, 0.1) is 0 Å². The average molecular weight is 211 g/mol. The van der Waals surface area contributed by atoms with E-state index in [-0.39, 0.29) is 0 Å². The topological polar surface area (TPSA) is 12.0 Å². The Hall–Kier alpha value is -0.0400. The van der Waals surface area contributed by atoms with Crippen molar-refractivity contribution >= 4 is 0 Å². The van der Waals surface area contributed by atoms with Gasteiger partial charge in [-0.3, -0.25) is 0 Å². The van der Waals surface area contributed by atoms with E-state index in [2.05, 4.69) is 26.2 Å². The Labute approximate surface area is 96.0 Å². The maximum atomic E-state index is 3.55. The van der Waals surface area contributed by atoms with Gasteiger partial charge in [-0.05, 0) is 25.3 Å². The summed E-state index contributed by atoms with van der Waals surface area (Å²) in [6.45, 7) is 4.67. The molecule has 1 heteroatoms. The van der Waals surface area contributed by atoms with Gasteiger partial charge in [0.1, 0.15) is 0 Å². The maximum Gasteiger partial charge on any atom is 0.00947 e. The van der Waals surface area contributed by atoms with E-state index in [0.717, 1.165) is 17.9 Å². The fourth-order valence-electron chi connectivity index (χ4n) is 3.19. The standard InChI is InChI=1S/C14H29N/c1-4-13(5-2)14(15-3)11-12-9-7-6-8-10-12/h12-15H,4-11H2,1-3H3. The summed E-state index contributed by atoms with van der Waals surface area (Å²) in [5.41, 5.74) is 0. The Morgan fingerprint density at radius 3 is 2.13 bits per heavy atom. The van der Waals surface area contributed by atoms with Crippen molar-refractivity contribution < 1.29 is 0 Å². The Balaban J connectivity index is 2.36. The van der Waals surface area contributed by atoms with E-state index in [1.807, 2.05) is 0 Å². The van der Waals surface area contributed by atoms with Gasteiger partial charge in [0.2, 0.25) is 0 Å². The number of hydrogen-bond acceptors (Lipinski definition) is 1. The van der Waals surface area contributed by atoms with Gasteiger partial charge in [0.25, 0.3) is 0 Å².